The molecule has 0 spiro atoms. The normalized spacial score (nSPS) is 10.3. The third kappa shape index (κ3) is 4.20. The van der Waals surface area contributed by atoms with Gasteiger partial charge in [-0.05, 0) is 29.8 Å². The van der Waals surface area contributed by atoms with Crippen molar-refractivity contribution in [2.45, 2.75) is 10.6 Å². The van der Waals surface area contributed by atoms with Crippen LogP contribution in [0.5, 0.6) is 0 Å². The van der Waals surface area contributed by atoms with E-state index in [4.69, 9.17) is 0 Å². The van der Waals surface area contributed by atoms with Gasteiger partial charge in [-0.15, -0.1) is 11.8 Å². The molecule has 0 saturated heterocycles. The maximum absolute atomic E-state index is 12.5. The number of benzene rings is 2. The summed E-state index contributed by atoms with van der Waals surface area (Å²) in [5, 5.41) is 2.90. The Bertz CT molecular complexity index is 776. The Balaban J connectivity index is 1.73. The summed E-state index contributed by atoms with van der Waals surface area (Å²) >= 11 is 1.67. The zero-order valence-electron chi connectivity index (χ0n) is 12.5. The first kappa shape index (κ1) is 15.3. The number of carbonyl (C=O) groups excluding carboxylic acids is 1. The molecule has 23 heavy (non-hydrogen) atoms. The number of rotatable bonds is 5. The zero-order valence-corrected chi connectivity index (χ0v) is 13.3. The molecule has 0 aliphatic rings. The molecule has 3 rings (SSSR count). The van der Waals surface area contributed by atoms with E-state index < -0.39 is 0 Å². The highest BCUT2D eigenvalue weighted by Crippen LogP contribution is 2.26. The lowest BCUT2D eigenvalue weighted by Gasteiger charge is -2.10. The molecule has 114 valence electrons. The second-order valence-electron chi connectivity index (χ2n) is 4.96. The van der Waals surface area contributed by atoms with Crippen LogP contribution >= 0.6 is 11.8 Å². The molecule has 3 aromatic rings. The molecule has 0 saturated carbocycles. The molecule has 0 unspecified atom stereocenters. The van der Waals surface area contributed by atoms with E-state index in [0.29, 0.717) is 5.56 Å². The molecule has 0 fully saturated rings. The van der Waals surface area contributed by atoms with Gasteiger partial charge in [-0.3, -0.25) is 9.78 Å². The van der Waals surface area contributed by atoms with Gasteiger partial charge < -0.3 is 5.32 Å². The topological polar surface area (TPSA) is 42.0 Å². The molecule has 4 heteroatoms. The standard InChI is InChI=1S/C19H16N2OS/c22-19(21-16-10-12-20-13-11-16)17-8-4-5-9-18(17)23-14-15-6-2-1-3-7-15/h1-13H,14H2,(H,20,21,22). The Morgan fingerprint density at radius 1 is 0.913 bits per heavy atom. The Labute approximate surface area is 139 Å². The maximum Gasteiger partial charge on any atom is 0.256 e. The maximum atomic E-state index is 12.5. The highest BCUT2D eigenvalue weighted by Gasteiger charge is 2.11. The number of anilines is 1. The Morgan fingerprint density at radius 2 is 1.61 bits per heavy atom. The van der Waals surface area contributed by atoms with E-state index in [2.05, 4.69) is 22.4 Å². The van der Waals surface area contributed by atoms with Crippen LogP contribution in [-0.4, -0.2) is 10.9 Å². The Kier molecular flexibility index (Phi) is 5.06. The lowest BCUT2D eigenvalue weighted by Crippen LogP contribution is -2.12. The number of nitrogens with one attached hydrogen (secondary N) is 1. The van der Waals surface area contributed by atoms with Crippen molar-refractivity contribution in [2.24, 2.45) is 0 Å². The predicted molar refractivity (Wildman–Crippen MR) is 94.6 cm³/mol. The van der Waals surface area contributed by atoms with Crippen molar-refractivity contribution in [3.63, 3.8) is 0 Å². The first-order chi connectivity index (χ1) is 11.3. The van der Waals surface area contributed by atoms with Gasteiger partial charge in [0.2, 0.25) is 0 Å². The number of thioether (sulfide) groups is 1. The molecule has 0 aliphatic carbocycles. The van der Waals surface area contributed by atoms with Crippen molar-refractivity contribution in [1.29, 1.82) is 0 Å². The van der Waals surface area contributed by atoms with Gasteiger partial charge in [0.1, 0.15) is 0 Å². The third-order valence-corrected chi connectivity index (χ3v) is 4.45. The molecule has 0 aliphatic heterocycles. The summed E-state index contributed by atoms with van der Waals surface area (Å²) in [7, 11) is 0. The van der Waals surface area contributed by atoms with E-state index in [-0.39, 0.29) is 5.91 Å². The molecule has 1 heterocycles. The number of carbonyl (C=O) groups is 1. The van der Waals surface area contributed by atoms with Gasteiger partial charge in [-0.1, -0.05) is 42.5 Å². The molecular formula is C19H16N2OS. The fourth-order valence-corrected chi connectivity index (χ4v) is 3.15. The minimum atomic E-state index is -0.104. The Morgan fingerprint density at radius 3 is 2.39 bits per heavy atom. The van der Waals surface area contributed by atoms with Crippen LogP contribution in [0.2, 0.25) is 0 Å². The first-order valence-electron chi connectivity index (χ1n) is 7.30. The van der Waals surface area contributed by atoms with E-state index in [1.165, 1.54) is 5.56 Å². The molecule has 1 amide bonds. The van der Waals surface area contributed by atoms with Crippen LogP contribution in [0, 0.1) is 0 Å². The van der Waals surface area contributed by atoms with Crippen LogP contribution in [0.15, 0.2) is 84.0 Å². The van der Waals surface area contributed by atoms with Crippen LogP contribution in [0.3, 0.4) is 0 Å². The van der Waals surface area contributed by atoms with Crippen LogP contribution < -0.4 is 5.32 Å². The lowest BCUT2D eigenvalue weighted by atomic mass is 10.2. The quantitative estimate of drug-likeness (QED) is 0.697. The van der Waals surface area contributed by atoms with Crippen molar-refractivity contribution < 1.29 is 4.79 Å². The smallest absolute Gasteiger partial charge is 0.256 e. The van der Waals surface area contributed by atoms with Gasteiger partial charge in [0, 0.05) is 28.7 Å². The molecule has 0 radical (unpaired) electrons. The van der Waals surface area contributed by atoms with Crippen LogP contribution in [0.25, 0.3) is 0 Å². The van der Waals surface area contributed by atoms with Gasteiger partial charge in [0.15, 0.2) is 0 Å². The summed E-state index contributed by atoms with van der Waals surface area (Å²) in [5.74, 6) is 0.729. The molecule has 1 N–H and O–H groups in total. The summed E-state index contributed by atoms with van der Waals surface area (Å²) in [5.41, 5.74) is 2.67. The number of nitrogens with zero attached hydrogens (tertiary/aromatic N) is 1. The van der Waals surface area contributed by atoms with E-state index in [9.17, 15) is 4.79 Å². The van der Waals surface area contributed by atoms with Crippen molar-refractivity contribution in [3.8, 4) is 0 Å². The van der Waals surface area contributed by atoms with Gasteiger partial charge in [-0.25, -0.2) is 0 Å². The molecule has 0 bridgehead atoms. The number of amides is 1. The van der Waals surface area contributed by atoms with Crippen molar-refractivity contribution >= 4 is 23.4 Å². The first-order valence-corrected chi connectivity index (χ1v) is 8.28. The van der Waals surface area contributed by atoms with Crippen molar-refractivity contribution in [3.05, 3.63) is 90.3 Å². The van der Waals surface area contributed by atoms with Gasteiger partial charge in [0.05, 0.1) is 5.56 Å². The zero-order chi connectivity index (χ0) is 15.9. The van der Waals surface area contributed by atoms with E-state index in [0.717, 1.165) is 16.3 Å². The molecule has 0 atom stereocenters. The fourth-order valence-electron chi connectivity index (χ4n) is 2.15. The van der Waals surface area contributed by atoms with E-state index in [1.807, 2.05) is 42.5 Å². The number of hydrogen-bond donors (Lipinski definition) is 1. The molecule has 1 aromatic heterocycles. The van der Waals surface area contributed by atoms with Gasteiger partial charge in [-0.2, -0.15) is 0 Å². The van der Waals surface area contributed by atoms with Crippen molar-refractivity contribution in [1.82, 2.24) is 4.98 Å². The van der Waals surface area contributed by atoms with E-state index in [1.54, 1.807) is 36.3 Å². The minimum Gasteiger partial charge on any atom is -0.322 e. The number of hydrogen-bond acceptors (Lipinski definition) is 3. The van der Waals surface area contributed by atoms with Crippen LogP contribution in [-0.2, 0) is 5.75 Å². The van der Waals surface area contributed by atoms with E-state index >= 15 is 0 Å². The fraction of sp³-hybridized carbons (Fsp3) is 0.0526. The van der Waals surface area contributed by atoms with Gasteiger partial charge >= 0.3 is 0 Å². The average molecular weight is 320 g/mol. The molecule has 3 nitrogen and oxygen atoms in total. The number of aromatic nitrogens is 1. The molecule has 2 aromatic carbocycles. The lowest BCUT2D eigenvalue weighted by molar-refractivity contribution is 0.102. The average Bonchev–Trinajstić information content (AvgIpc) is 2.62. The minimum absolute atomic E-state index is 0.104. The summed E-state index contributed by atoms with van der Waals surface area (Å²) in [6.45, 7) is 0. The predicted octanol–water partition coefficient (Wildman–Crippen LogP) is 4.63. The second kappa shape index (κ2) is 7.61. The summed E-state index contributed by atoms with van der Waals surface area (Å²) < 4.78 is 0. The Hall–Kier alpha value is -2.59. The van der Waals surface area contributed by atoms with Crippen molar-refractivity contribution in [2.75, 3.05) is 5.32 Å². The SMILES string of the molecule is O=C(Nc1ccncc1)c1ccccc1SCc1ccccc1. The van der Waals surface area contributed by atoms with Crippen LogP contribution in [0.1, 0.15) is 15.9 Å². The summed E-state index contributed by atoms with van der Waals surface area (Å²) in [6.07, 6.45) is 3.32. The highest BCUT2D eigenvalue weighted by molar-refractivity contribution is 7.98. The molecular weight excluding hydrogens is 304 g/mol. The second-order valence-corrected chi connectivity index (χ2v) is 5.98. The summed E-state index contributed by atoms with van der Waals surface area (Å²) in [4.78, 5) is 17.4. The van der Waals surface area contributed by atoms with Gasteiger partial charge in [0.25, 0.3) is 5.91 Å². The highest BCUT2D eigenvalue weighted by atomic mass is 32.2. The largest absolute Gasteiger partial charge is 0.322 e. The summed E-state index contributed by atoms with van der Waals surface area (Å²) in [6, 6.07) is 21.5. The third-order valence-electron chi connectivity index (χ3n) is 3.31. The monoisotopic (exact) mass is 320 g/mol. The van der Waals surface area contributed by atoms with Crippen LogP contribution in [0.4, 0.5) is 5.69 Å². The number of pyridine rings is 1.